The van der Waals surface area contributed by atoms with E-state index in [9.17, 15) is 13.2 Å². The summed E-state index contributed by atoms with van der Waals surface area (Å²) in [7, 11) is -1.73. The Hall–Kier alpha value is -0.960. The number of piperidine rings is 1. The maximum atomic E-state index is 12.6. The average Bonchev–Trinajstić information content (AvgIpc) is 2.82. The molecule has 0 spiro atoms. The Morgan fingerprint density at radius 2 is 2.29 bits per heavy atom. The van der Waals surface area contributed by atoms with E-state index in [1.807, 2.05) is 7.05 Å². The highest BCUT2D eigenvalue weighted by Crippen LogP contribution is 2.30. The van der Waals surface area contributed by atoms with Crippen molar-refractivity contribution < 1.29 is 18.3 Å². The first kappa shape index (κ1) is 16.4. The number of aryl methyl sites for hydroxylation is 1. The van der Waals surface area contributed by atoms with Crippen molar-refractivity contribution in [3.05, 3.63) is 16.5 Å². The number of sulfonamides is 1. The van der Waals surface area contributed by atoms with E-state index in [1.54, 1.807) is 6.92 Å². The van der Waals surface area contributed by atoms with E-state index < -0.39 is 16.0 Å². The Morgan fingerprint density at radius 1 is 1.57 bits per heavy atom. The van der Waals surface area contributed by atoms with Crippen molar-refractivity contribution >= 4 is 27.3 Å². The lowest BCUT2D eigenvalue weighted by Gasteiger charge is -2.31. The molecular weight excluding hydrogens is 312 g/mol. The van der Waals surface area contributed by atoms with E-state index in [0.29, 0.717) is 24.6 Å². The number of rotatable bonds is 5. The van der Waals surface area contributed by atoms with Gasteiger partial charge in [-0.1, -0.05) is 0 Å². The SMILES string of the molecule is CNCC1CCCN(S(=O)(=O)c2cc(C)c(C(=O)O)s2)C1. The van der Waals surface area contributed by atoms with Crippen molar-refractivity contribution in [2.24, 2.45) is 5.92 Å². The van der Waals surface area contributed by atoms with Crippen LogP contribution in [0, 0.1) is 12.8 Å². The fourth-order valence-electron chi connectivity index (χ4n) is 2.62. The van der Waals surface area contributed by atoms with Gasteiger partial charge in [-0.3, -0.25) is 0 Å². The van der Waals surface area contributed by atoms with Crippen molar-refractivity contribution in [3.63, 3.8) is 0 Å². The molecule has 0 aliphatic carbocycles. The van der Waals surface area contributed by atoms with Gasteiger partial charge >= 0.3 is 5.97 Å². The summed E-state index contributed by atoms with van der Waals surface area (Å²) >= 11 is 0.838. The minimum Gasteiger partial charge on any atom is -0.477 e. The smallest absolute Gasteiger partial charge is 0.346 e. The molecule has 0 bridgehead atoms. The molecule has 1 atom stereocenters. The second-order valence-electron chi connectivity index (χ2n) is 5.31. The molecule has 6 nitrogen and oxygen atoms in total. The lowest BCUT2D eigenvalue weighted by atomic mass is 10.00. The van der Waals surface area contributed by atoms with E-state index >= 15 is 0 Å². The zero-order valence-electron chi connectivity index (χ0n) is 12.1. The van der Waals surface area contributed by atoms with Gasteiger partial charge in [0.25, 0.3) is 10.0 Å². The number of carboxylic acid groups (broad SMARTS) is 1. The van der Waals surface area contributed by atoms with Gasteiger partial charge in [-0.05, 0) is 50.9 Å². The topological polar surface area (TPSA) is 86.7 Å². The predicted molar refractivity (Wildman–Crippen MR) is 81.4 cm³/mol. The Balaban J connectivity index is 2.25. The van der Waals surface area contributed by atoms with Gasteiger partial charge in [-0.2, -0.15) is 4.31 Å². The number of aromatic carboxylic acids is 1. The maximum absolute atomic E-state index is 12.6. The summed E-state index contributed by atoms with van der Waals surface area (Å²) in [6.45, 7) is 3.40. The number of nitrogens with zero attached hydrogens (tertiary/aromatic N) is 1. The third-order valence-corrected chi connectivity index (χ3v) is 7.20. The van der Waals surface area contributed by atoms with Gasteiger partial charge in [0.15, 0.2) is 0 Å². The lowest BCUT2D eigenvalue weighted by Crippen LogP contribution is -2.42. The fourth-order valence-corrected chi connectivity index (χ4v) is 5.71. The van der Waals surface area contributed by atoms with Crippen molar-refractivity contribution in [2.45, 2.75) is 24.0 Å². The number of carboxylic acids is 1. The van der Waals surface area contributed by atoms with E-state index in [4.69, 9.17) is 5.11 Å². The van der Waals surface area contributed by atoms with Gasteiger partial charge < -0.3 is 10.4 Å². The first-order valence-electron chi connectivity index (χ1n) is 6.84. The Bertz CT molecular complexity index is 622. The van der Waals surface area contributed by atoms with Crippen LogP contribution in [-0.4, -0.2) is 50.5 Å². The summed E-state index contributed by atoms with van der Waals surface area (Å²) in [4.78, 5) is 11.2. The van der Waals surface area contributed by atoms with Crippen molar-refractivity contribution in [1.82, 2.24) is 9.62 Å². The van der Waals surface area contributed by atoms with Crippen LogP contribution < -0.4 is 5.32 Å². The van der Waals surface area contributed by atoms with Gasteiger partial charge in [0.2, 0.25) is 0 Å². The molecule has 1 aliphatic heterocycles. The molecule has 1 aromatic rings. The molecule has 118 valence electrons. The molecule has 0 radical (unpaired) electrons. The average molecular weight is 332 g/mol. The number of carbonyl (C=O) groups is 1. The van der Waals surface area contributed by atoms with Crippen LogP contribution in [0.4, 0.5) is 0 Å². The summed E-state index contributed by atoms with van der Waals surface area (Å²) in [5, 5.41) is 12.1. The Kier molecular flexibility index (Phi) is 5.03. The molecule has 8 heteroatoms. The zero-order chi connectivity index (χ0) is 15.6. The zero-order valence-corrected chi connectivity index (χ0v) is 13.8. The summed E-state index contributed by atoms with van der Waals surface area (Å²) in [6, 6.07) is 1.46. The predicted octanol–water partition coefficient (Wildman–Crippen LogP) is 1.37. The van der Waals surface area contributed by atoms with Gasteiger partial charge in [0.1, 0.15) is 9.09 Å². The van der Waals surface area contributed by atoms with E-state index in [1.165, 1.54) is 10.4 Å². The molecular formula is C13H20N2O4S2. The molecule has 1 saturated heterocycles. The first-order chi connectivity index (χ1) is 9.86. The van der Waals surface area contributed by atoms with Crippen LogP contribution in [0.15, 0.2) is 10.3 Å². The lowest BCUT2D eigenvalue weighted by molar-refractivity contribution is 0.0701. The molecule has 2 rings (SSSR count). The number of hydrogen-bond donors (Lipinski definition) is 2. The number of nitrogens with one attached hydrogen (secondary N) is 1. The van der Waals surface area contributed by atoms with Gasteiger partial charge in [-0.15, -0.1) is 11.3 Å². The highest BCUT2D eigenvalue weighted by atomic mass is 32.2. The third kappa shape index (κ3) is 3.45. The van der Waals surface area contributed by atoms with Crippen molar-refractivity contribution in [2.75, 3.05) is 26.7 Å². The third-order valence-electron chi connectivity index (χ3n) is 3.66. The van der Waals surface area contributed by atoms with Gasteiger partial charge in [-0.25, -0.2) is 13.2 Å². The standard InChI is InChI=1S/C13H20N2O4S2/c1-9-6-11(20-12(9)13(16)17)21(18,19)15-5-3-4-10(8-15)7-14-2/h6,10,14H,3-5,7-8H2,1-2H3,(H,16,17). The van der Waals surface area contributed by atoms with Crippen LogP contribution in [-0.2, 0) is 10.0 Å². The highest BCUT2D eigenvalue weighted by Gasteiger charge is 2.32. The molecule has 1 unspecified atom stereocenters. The molecule has 0 aromatic carbocycles. The summed E-state index contributed by atoms with van der Waals surface area (Å²) in [5.74, 6) is -0.774. The summed E-state index contributed by atoms with van der Waals surface area (Å²) in [5.41, 5.74) is 0.495. The quantitative estimate of drug-likeness (QED) is 0.850. The molecule has 0 saturated carbocycles. The van der Waals surface area contributed by atoms with Crippen LogP contribution in [0.3, 0.4) is 0 Å². The van der Waals surface area contributed by atoms with E-state index in [0.717, 1.165) is 30.7 Å². The van der Waals surface area contributed by atoms with E-state index in [-0.39, 0.29) is 9.09 Å². The number of hydrogen-bond acceptors (Lipinski definition) is 5. The summed E-state index contributed by atoms with van der Waals surface area (Å²) in [6.07, 6.45) is 1.85. The van der Waals surface area contributed by atoms with Gasteiger partial charge in [0, 0.05) is 13.1 Å². The molecule has 21 heavy (non-hydrogen) atoms. The van der Waals surface area contributed by atoms with Crippen LogP contribution in [0.2, 0.25) is 0 Å². The molecule has 1 aromatic heterocycles. The highest BCUT2D eigenvalue weighted by molar-refractivity contribution is 7.91. The molecule has 0 amide bonds. The van der Waals surface area contributed by atoms with Crippen LogP contribution in [0.5, 0.6) is 0 Å². The van der Waals surface area contributed by atoms with E-state index in [2.05, 4.69) is 5.32 Å². The second-order valence-corrected chi connectivity index (χ2v) is 8.53. The maximum Gasteiger partial charge on any atom is 0.346 e. The Labute approximate surface area is 128 Å². The van der Waals surface area contributed by atoms with Crippen molar-refractivity contribution in [3.8, 4) is 0 Å². The van der Waals surface area contributed by atoms with Crippen LogP contribution in [0.1, 0.15) is 28.1 Å². The van der Waals surface area contributed by atoms with Crippen molar-refractivity contribution in [1.29, 1.82) is 0 Å². The fraction of sp³-hybridized carbons (Fsp3) is 0.615. The Morgan fingerprint density at radius 3 is 2.86 bits per heavy atom. The first-order valence-corrected chi connectivity index (χ1v) is 9.10. The number of thiophene rings is 1. The monoisotopic (exact) mass is 332 g/mol. The minimum absolute atomic E-state index is 0.0948. The second kappa shape index (κ2) is 6.43. The minimum atomic E-state index is -3.59. The van der Waals surface area contributed by atoms with Crippen LogP contribution >= 0.6 is 11.3 Å². The molecule has 2 N–H and O–H groups in total. The normalized spacial score (nSPS) is 20.6. The van der Waals surface area contributed by atoms with Crippen LogP contribution in [0.25, 0.3) is 0 Å². The van der Waals surface area contributed by atoms with Gasteiger partial charge in [0.05, 0.1) is 0 Å². The molecule has 1 fully saturated rings. The largest absolute Gasteiger partial charge is 0.477 e. The summed E-state index contributed by atoms with van der Waals surface area (Å²) < 4.78 is 26.9. The molecule has 1 aliphatic rings. The molecule has 2 heterocycles.